The Balaban J connectivity index is 2.06. The second-order valence-electron chi connectivity index (χ2n) is 5.40. The van der Waals surface area contributed by atoms with E-state index in [0.29, 0.717) is 23.7 Å². The van der Waals surface area contributed by atoms with Crippen molar-refractivity contribution in [3.05, 3.63) is 28.8 Å². The highest BCUT2D eigenvalue weighted by Crippen LogP contribution is 2.28. The number of hydrogen-bond acceptors (Lipinski definition) is 3. The summed E-state index contributed by atoms with van der Waals surface area (Å²) in [7, 11) is 0. The molecule has 4 nitrogen and oxygen atoms in total. The number of carbonyl (C=O) groups excluding carboxylic acids is 1. The maximum atomic E-state index is 12.4. The lowest BCUT2D eigenvalue weighted by Gasteiger charge is -2.29. The Morgan fingerprint density at radius 2 is 2.10 bits per heavy atom. The van der Waals surface area contributed by atoms with Crippen molar-refractivity contribution in [3.63, 3.8) is 0 Å². The van der Waals surface area contributed by atoms with Gasteiger partial charge >= 0.3 is 0 Å². The lowest BCUT2D eigenvalue weighted by atomic mass is 10.1. The number of nitrogens with two attached hydrogens (primary N) is 1. The van der Waals surface area contributed by atoms with E-state index in [1.165, 1.54) is 6.42 Å². The lowest BCUT2D eigenvalue weighted by molar-refractivity contribution is -0.138. The quantitative estimate of drug-likeness (QED) is 0.909. The number of amides is 1. The van der Waals surface area contributed by atoms with Gasteiger partial charge < -0.3 is 15.4 Å². The molecule has 1 unspecified atom stereocenters. The Hall–Kier alpha value is -1.26. The molecule has 0 radical (unpaired) electrons. The van der Waals surface area contributed by atoms with Crippen LogP contribution in [0.3, 0.4) is 0 Å². The van der Waals surface area contributed by atoms with E-state index in [4.69, 9.17) is 22.1 Å². The topological polar surface area (TPSA) is 55.6 Å². The van der Waals surface area contributed by atoms with Crippen LogP contribution < -0.4 is 10.5 Å². The van der Waals surface area contributed by atoms with Crippen LogP contribution in [0.15, 0.2) is 18.2 Å². The smallest absolute Gasteiger partial charge is 0.263 e. The Labute approximate surface area is 131 Å². The van der Waals surface area contributed by atoms with Crippen LogP contribution in [0.25, 0.3) is 0 Å². The second kappa shape index (κ2) is 7.66. The van der Waals surface area contributed by atoms with E-state index in [0.717, 1.165) is 31.5 Å². The first kappa shape index (κ1) is 16.1. The van der Waals surface area contributed by atoms with Gasteiger partial charge in [0.15, 0.2) is 6.10 Å². The van der Waals surface area contributed by atoms with Gasteiger partial charge in [-0.1, -0.05) is 17.7 Å². The molecule has 2 N–H and O–H groups in total. The number of rotatable bonds is 5. The van der Waals surface area contributed by atoms with Crippen LogP contribution >= 0.6 is 11.6 Å². The normalized spacial score (nSPS) is 16.6. The molecule has 1 saturated heterocycles. The van der Waals surface area contributed by atoms with Crippen molar-refractivity contribution in [2.75, 3.05) is 19.6 Å². The first-order valence-corrected chi connectivity index (χ1v) is 7.94. The maximum absolute atomic E-state index is 12.4. The molecule has 0 aromatic heterocycles. The van der Waals surface area contributed by atoms with Crippen LogP contribution in [-0.2, 0) is 11.2 Å². The zero-order valence-electron chi connectivity index (χ0n) is 12.5. The number of likely N-dealkylation sites (tertiary alicyclic amines) is 1. The summed E-state index contributed by atoms with van der Waals surface area (Å²) >= 11 is 6.19. The fourth-order valence-electron chi connectivity index (χ4n) is 2.65. The van der Waals surface area contributed by atoms with Gasteiger partial charge in [0.1, 0.15) is 5.75 Å². The molecule has 1 atom stereocenters. The number of ether oxygens (including phenoxy) is 1. The van der Waals surface area contributed by atoms with E-state index in [1.807, 2.05) is 23.1 Å². The first-order chi connectivity index (χ1) is 10.1. The van der Waals surface area contributed by atoms with Gasteiger partial charge in [-0.2, -0.15) is 0 Å². The first-order valence-electron chi connectivity index (χ1n) is 7.56. The zero-order valence-corrected chi connectivity index (χ0v) is 13.2. The highest BCUT2D eigenvalue weighted by molar-refractivity contribution is 6.31. The van der Waals surface area contributed by atoms with Gasteiger partial charge in [0.05, 0.1) is 0 Å². The molecule has 116 valence electrons. The molecule has 0 bridgehead atoms. The standard InChI is InChI=1S/C16H23ClN2O2/c1-12(16(20)19-10-3-2-4-11-19)21-15-7-5-6-14(17)13(15)8-9-18/h5-7,12H,2-4,8-11,18H2,1H3. The Morgan fingerprint density at radius 1 is 1.38 bits per heavy atom. The van der Waals surface area contributed by atoms with E-state index in [-0.39, 0.29) is 5.91 Å². The van der Waals surface area contributed by atoms with Crippen molar-refractivity contribution < 1.29 is 9.53 Å². The van der Waals surface area contributed by atoms with Gasteiger partial charge in [0.2, 0.25) is 0 Å². The summed E-state index contributed by atoms with van der Waals surface area (Å²) in [6, 6.07) is 5.49. The SMILES string of the molecule is CC(Oc1cccc(Cl)c1CCN)C(=O)N1CCCCC1. The highest BCUT2D eigenvalue weighted by Gasteiger charge is 2.24. The molecule has 1 aliphatic heterocycles. The van der Waals surface area contributed by atoms with Crippen molar-refractivity contribution >= 4 is 17.5 Å². The molecular weight excluding hydrogens is 288 g/mol. The van der Waals surface area contributed by atoms with Gasteiger partial charge in [-0.3, -0.25) is 4.79 Å². The summed E-state index contributed by atoms with van der Waals surface area (Å²) in [5.74, 6) is 0.708. The number of halogens is 1. The van der Waals surface area contributed by atoms with Gasteiger partial charge in [-0.15, -0.1) is 0 Å². The fraction of sp³-hybridized carbons (Fsp3) is 0.562. The molecule has 2 rings (SSSR count). The molecule has 21 heavy (non-hydrogen) atoms. The second-order valence-corrected chi connectivity index (χ2v) is 5.81. The van der Waals surface area contributed by atoms with Gasteiger partial charge in [0.25, 0.3) is 5.91 Å². The molecule has 1 amide bonds. The average Bonchev–Trinajstić information content (AvgIpc) is 2.51. The van der Waals surface area contributed by atoms with Crippen molar-refractivity contribution in [3.8, 4) is 5.75 Å². The molecule has 1 fully saturated rings. The third-order valence-electron chi connectivity index (χ3n) is 3.79. The van der Waals surface area contributed by atoms with E-state index < -0.39 is 6.10 Å². The highest BCUT2D eigenvalue weighted by atomic mass is 35.5. The van der Waals surface area contributed by atoms with Crippen LogP contribution in [0.2, 0.25) is 5.02 Å². The summed E-state index contributed by atoms with van der Waals surface area (Å²) in [5, 5.41) is 0.635. The monoisotopic (exact) mass is 310 g/mol. The van der Waals surface area contributed by atoms with Crippen molar-refractivity contribution in [2.24, 2.45) is 5.73 Å². The Kier molecular flexibility index (Phi) is 5.88. The largest absolute Gasteiger partial charge is 0.481 e. The van der Waals surface area contributed by atoms with E-state index in [1.54, 1.807) is 6.92 Å². The summed E-state index contributed by atoms with van der Waals surface area (Å²) in [5.41, 5.74) is 6.49. The zero-order chi connectivity index (χ0) is 15.2. The third kappa shape index (κ3) is 4.11. The third-order valence-corrected chi connectivity index (χ3v) is 4.14. The number of nitrogens with zero attached hydrogens (tertiary/aromatic N) is 1. The van der Waals surface area contributed by atoms with Gasteiger partial charge in [-0.05, 0) is 51.3 Å². The van der Waals surface area contributed by atoms with Crippen molar-refractivity contribution in [1.82, 2.24) is 4.90 Å². The Bertz CT molecular complexity index is 487. The van der Waals surface area contributed by atoms with Crippen molar-refractivity contribution in [1.29, 1.82) is 0 Å². The summed E-state index contributed by atoms with van der Waals surface area (Å²) in [6.45, 7) is 3.95. The number of carbonyl (C=O) groups is 1. The molecule has 1 aliphatic rings. The number of benzene rings is 1. The molecule has 0 aliphatic carbocycles. The molecule has 1 aromatic rings. The van der Waals surface area contributed by atoms with E-state index in [9.17, 15) is 4.79 Å². The lowest BCUT2D eigenvalue weighted by Crippen LogP contribution is -2.43. The van der Waals surface area contributed by atoms with Crippen LogP contribution in [0.5, 0.6) is 5.75 Å². The Morgan fingerprint density at radius 3 is 2.76 bits per heavy atom. The molecule has 1 aromatic carbocycles. The van der Waals surface area contributed by atoms with Crippen LogP contribution in [0.1, 0.15) is 31.7 Å². The molecule has 5 heteroatoms. The summed E-state index contributed by atoms with van der Waals surface area (Å²) in [4.78, 5) is 14.3. The van der Waals surface area contributed by atoms with Crippen LogP contribution in [-0.4, -0.2) is 36.5 Å². The number of hydrogen-bond donors (Lipinski definition) is 1. The summed E-state index contributed by atoms with van der Waals surface area (Å²) in [6.07, 6.45) is 3.49. The van der Waals surface area contributed by atoms with Crippen molar-refractivity contribution in [2.45, 2.75) is 38.7 Å². The fourth-order valence-corrected chi connectivity index (χ4v) is 2.91. The maximum Gasteiger partial charge on any atom is 0.263 e. The predicted octanol–water partition coefficient (Wildman–Crippen LogP) is 2.62. The van der Waals surface area contributed by atoms with Crippen LogP contribution in [0, 0.1) is 0 Å². The van der Waals surface area contributed by atoms with E-state index in [2.05, 4.69) is 0 Å². The van der Waals surface area contributed by atoms with E-state index >= 15 is 0 Å². The minimum absolute atomic E-state index is 0.0494. The molecule has 0 saturated carbocycles. The molecular formula is C16H23ClN2O2. The van der Waals surface area contributed by atoms with Gasteiger partial charge in [-0.25, -0.2) is 0 Å². The van der Waals surface area contributed by atoms with Gasteiger partial charge in [0, 0.05) is 23.7 Å². The summed E-state index contributed by atoms with van der Waals surface area (Å²) < 4.78 is 5.86. The number of piperidine rings is 1. The average molecular weight is 311 g/mol. The molecule has 1 heterocycles. The minimum atomic E-state index is -0.502. The minimum Gasteiger partial charge on any atom is -0.481 e. The predicted molar refractivity (Wildman–Crippen MR) is 84.7 cm³/mol. The molecule has 0 spiro atoms. The van der Waals surface area contributed by atoms with Crippen LogP contribution in [0.4, 0.5) is 0 Å².